The van der Waals surface area contributed by atoms with Crippen molar-refractivity contribution < 1.29 is 4.79 Å². The summed E-state index contributed by atoms with van der Waals surface area (Å²) in [6.45, 7) is 5.81. The molecule has 0 radical (unpaired) electrons. The van der Waals surface area contributed by atoms with Gasteiger partial charge in [-0.25, -0.2) is 9.97 Å². The summed E-state index contributed by atoms with van der Waals surface area (Å²) in [5.41, 5.74) is 6.93. The summed E-state index contributed by atoms with van der Waals surface area (Å²) in [5, 5.41) is 0.919. The average Bonchev–Trinajstić information content (AvgIpc) is 2.61. The van der Waals surface area contributed by atoms with Crippen molar-refractivity contribution in [3.8, 4) is 0 Å². The van der Waals surface area contributed by atoms with Gasteiger partial charge in [0.2, 0.25) is 5.91 Å². The summed E-state index contributed by atoms with van der Waals surface area (Å²) >= 11 is 1.59. The third-order valence-corrected chi connectivity index (χ3v) is 5.34. The predicted molar refractivity (Wildman–Crippen MR) is 98.8 cm³/mol. The number of hydrogen-bond acceptors (Lipinski definition) is 6. The number of nitrogens with two attached hydrogens (primary N) is 1. The van der Waals surface area contributed by atoms with Crippen LogP contribution in [-0.2, 0) is 11.3 Å². The number of carbonyl (C=O) groups is 1. The minimum absolute atomic E-state index is 0.0279. The molecule has 1 saturated heterocycles. The molecule has 1 aliphatic rings. The van der Waals surface area contributed by atoms with Gasteiger partial charge in [-0.1, -0.05) is 12.1 Å². The Hall–Kier alpha value is -1.86. The molecule has 0 bridgehead atoms. The fraction of sp³-hybridized carbons (Fsp3) is 0.471. The zero-order valence-corrected chi connectivity index (χ0v) is 14.9. The van der Waals surface area contributed by atoms with Crippen LogP contribution < -0.4 is 5.73 Å². The number of piperazine rings is 1. The number of para-hydroxylation sites is 1. The van der Waals surface area contributed by atoms with Crippen molar-refractivity contribution in [3.05, 3.63) is 30.1 Å². The lowest BCUT2D eigenvalue weighted by Crippen LogP contribution is -2.50. The van der Waals surface area contributed by atoms with E-state index in [9.17, 15) is 4.79 Å². The maximum atomic E-state index is 12.2. The fourth-order valence-corrected chi connectivity index (χ4v) is 3.26. The van der Waals surface area contributed by atoms with Gasteiger partial charge < -0.3 is 10.6 Å². The Labute approximate surface area is 146 Å². The number of rotatable bonds is 4. The van der Waals surface area contributed by atoms with Crippen LogP contribution in [0.4, 0.5) is 5.82 Å². The largest absolute Gasteiger partial charge is 0.383 e. The molecule has 128 valence electrons. The molecular formula is C17H23N5OS. The number of benzene rings is 1. The number of aromatic nitrogens is 2. The highest BCUT2D eigenvalue weighted by molar-refractivity contribution is 7.99. The number of nitrogens with zero attached hydrogens (tertiary/aromatic N) is 4. The number of hydrogen-bond donors (Lipinski definition) is 1. The number of thioether (sulfide) groups is 1. The summed E-state index contributed by atoms with van der Waals surface area (Å²) in [7, 11) is 0. The van der Waals surface area contributed by atoms with Crippen LogP contribution in [0.25, 0.3) is 10.9 Å². The van der Waals surface area contributed by atoms with Gasteiger partial charge in [0, 0.05) is 31.6 Å². The molecule has 0 saturated carbocycles. The Morgan fingerprint density at radius 3 is 2.67 bits per heavy atom. The van der Waals surface area contributed by atoms with Crippen LogP contribution in [0.1, 0.15) is 12.7 Å². The van der Waals surface area contributed by atoms with E-state index in [4.69, 9.17) is 5.73 Å². The zero-order valence-electron chi connectivity index (χ0n) is 14.1. The van der Waals surface area contributed by atoms with E-state index in [2.05, 4.69) is 14.9 Å². The van der Waals surface area contributed by atoms with E-state index in [0.29, 0.717) is 12.4 Å². The molecule has 2 heterocycles. The van der Waals surface area contributed by atoms with Crippen molar-refractivity contribution in [3.63, 3.8) is 0 Å². The van der Waals surface area contributed by atoms with Crippen molar-refractivity contribution in [2.75, 3.05) is 38.2 Å². The Balaban J connectivity index is 1.63. The topological polar surface area (TPSA) is 75.4 Å². The standard InChI is InChI=1S/C17H23N5OS/c1-12(24-2)17(23)22-9-7-21(8-10-22)11-15-19-14-6-4-3-5-13(14)16(18)20-15/h3-6,12H,7-11H2,1-2H3,(H2,18,19,20). The van der Waals surface area contributed by atoms with Crippen molar-refractivity contribution in [2.45, 2.75) is 18.7 Å². The first-order valence-corrected chi connectivity index (χ1v) is 9.42. The van der Waals surface area contributed by atoms with Crippen molar-refractivity contribution in [1.82, 2.24) is 19.8 Å². The molecule has 24 heavy (non-hydrogen) atoms. The normalized spacial score (nSPS) is 17.2. The van der Waals surface area contributed by atoms with Gasteiger partial charge in [-0.15, -0.1) is 0 Å². The van der Waals surface area contributed by atoms with E-state index in [1.807, 2.05) is 42.3 Å². The lowest BCUT2D eigenvalue weighted by atomic mass is 10.2. The van der Waals surface area contributed by atoms with Crippen LogP contribution in [0.2, 0.25) is 0 Å². The van der Waals surface area contributed by atoms with E-state index in [1.165, 1.54) is 0 Å². The molecule has 1 atom stereocenters. The summed E-state index contributed by atoms with van der Waals surface area (Å²) in [5.74, 6) is 1.50. The van der Waals surface area contributed by atoms with Crippen LogP contribution in [0.5, 0.6) is 0 Å². The second kappa shape index (κ2) is 7.36. The summed E-state index contributed by atoms with van der Waals surface area (Å²) in [6, 6.07) is 7.78. The molecule has 1 unspecified atom stereocenters. The van der Waals surface area contributed by atoms with Crippen LogP contribution >= 0.6 is 11.8 Å². The minimum Gasteiger partial charge on any atom is -0.383 e. The zero-order chi connectivity index (χ0) is 17.1. The molecule has 7 heteroatoms. The Morgan fingerprint density at radius 1 is 1.25 bits per heavy atom. The molecule has 2 aromatic rings. The van der Waals surface area contributed by atoms with Gasteiger partial charge in [-0.05, 0) is 25.3 Å². The van der Waals surface area contributed by atoms with Crippen LogP contribution in [0.15, 0.2) is 24.3 Å². The highest BCUT2D eigenvalue weighted by Crippen LogP contribution is 2.18. The molecule has 1 aliphatic heterocycles. The third-order valence-electron chi connectivity index (χ3n) is 4.43. The molecule has 1 fully saturated rings. The first-order valence-electron chi connectivity index (χ1n) is 8.13. The van der Waals surface area contributed by atoms with Crippen LogP contribution in [-0.4, -0.2) is 63.4 Å². The molecule has 3 rings (SSSR count). The Bertz CT molecular complexity index is 730. The van der Waals surface area contributed by atoms with Crippen LogP contribution in [0, 0.1) is 0 Å². The molecule has 1 aromatic heterocycles. The quantitative estimate of drug-likeness (QED) is 0.907. The van der Waals surface area contributed by atoms with E-state index in [-0.39, 0.29) is 11.2 Å². The number of nitrogen functional groups attached to an aromatic ring is 1. The van der Waals surface area contributed by atoms with Gasteiger partial charge >= 0.3 is 0 Å². The predicted octanol–water partition coefficient (Wildman–Crippen LogP) is 1.61. The van der Waals surface area contributed by atoms with Gasteiger partial charge in [0.1, 0.15) is 11.6 Å². The van der Waals surface area contributed by atoms with E-state index in [0.717, 1.165) is 42.9 Å². The lowest BCUT2D eigenvalue weighted by molar-refractivity contribution is -0.132. The summed E-state index contributed by atoms with van der Waals surface area (Å²) in [4.78, 5) is 25.5. The maximum Gasteiger partial charge on any atom is 0.235 e. The number of fused-ring (bicyclic) bond motifs is 1. The van der Waals surface area contributed by atoms with Gasteiger partial charge in [-0.3, -0.25) is 9.69 Å². The van der Waals surface area contributed by atoms with E-state index in [1.54, 1.807) is 11.8 Å². The maximum absolute atomic E-state index is 12.2. The molecule has 1 amide bonds. The first-order chi connectivity index (χ1) is 11.6. The van der Waals surface area contributed by atoms with Gasteiger partial charge in [0.15, 0.2) is 0 Å². The summed E-state index contributed by atoms with van der Waals surface area (Å²) in [6.07, 6.45) is 1.97. The minimum atomic E-state index is 0.0279. The van der Waals surface area contributed by atoms with E-state index >= 15 is 0 Å². The molecule has 1 aromatic carbocycles. The second-order valence-electron chi connectivity index (χ2n) is 6.02. The molecule has 2 N–H and O–H groups in total. The van der Waals surface area contributed by atoms with Crippen molar-refractivity contribution >= 4 is 34.4 Å². The van der Waals surface area contributed by atoms with Crippen molar-refractivity contribution in [1.29, 1.82) is 0 Å². The SMILES string of the molecule is CSC(C)C(=O)N1CCN(Cc2nc(N)c3ccccc3n2)CC1. The smallest absolute Gasteiger partial charge is 0.235 e. The van der Waals surface area contributed by atoms with Gasteiger partial charge in [-0.2, -0.15) is 11.8 Å². The molecule has 0 aliphatic carbocycles. The summed E-state index contributed by atoms with van der Waals surface area (Å²) < 4.78 is 0. The fourth-order valence-electron chi connectivity index (χ4n) is 2.91. The van der Waals surface area contributed by atoms with Crippen molar-refractivity contribution in [2.24, 2.45) is 0 Å². The highest BCUT2D eigenvalue weighted by Gasteiger charge is 2.24. The molecule has 0 spiro atoms. The Kier molecular flexibility index (Phi) is 5.20. The number of carbonyl (C=O) groups excluding carboxylic acids is 1. The third kappa shape index (κ3) is 3.62. The van der Waals surface area contributed by atoms with Gasteiger partial charge in [0.25, 0.3) is 0 Å². The average molecular weight is 345 g/mol. The first kappa shape index (κ1) is 17.0. The van der Waals surface area contributed by atoms with Crippen LogP contribution in [0.3, 0.4) is 0 Å². The highest BCUT2D eigenvalue weighted by atomic mass is 32.2. The number of anilines is 1. The monoisotopic (exact) mass is 345 g/mol. The second-order valence-corrected chi connectivity index (χ2v) is 7.20. The Morgan fingerprint density at radius 2 is 1.96 bits per heavy atom. The number of amides is 1. The molecule has 6 nitrogen and oxygen atoms in total. The van der Waals surface area contributed by atoms with E-state index < -0.39 is 0 Å². The lowest BCUT2D eigenvalue weighted by Gasteiger charge is -2.35. The molecular weight excluding hydrogens is 322 g/mol. The van der Waals surface area contributed by atoms with Gasteiger partial charge in [0.05, 0.1) is 17.3 Å².